The summed E-state index contributed by atoms with van der Waals surface area (Å²) in [6, 6.07) is 2.83. The molecule has 0 bridgehead atoms. The van der Waals surface area contributed by atoms with Gasteiger partial charge in [-0.15, -0.1) is 0 Å². The summed E-state index contributed by atoms with van der Waals surface area (Å²) < 4.78 is 28.6. The maximum atomic E-state index is 14.3. The van der Waals surface area contributed by atoms with Crippen molar-refractivity contribution >= 4 is 5.69 Å². The molecule has 0 radical (unpaired) electrons. The SMILES string of the molecule is CCC(N)Cc1cc(F)c(N2CCC(C)(C)CC2)c(F)c1. The van der Waals surface area contributed by atoms with Crippen LogP contribution in [0.3, 0.4) is 0 Å². The molecule has 1 unspecified atom stereocenters. The van der Waals surface area contributed by atoms with Crippen molar-refractivity contribution in [1.29, 1.82) is 0 Å². The molecule has 21 heavy (non-hydrogen) atoms. The number of piperidine rings is 1. The fourth-order valence-electron chi connectivity index (χ4n) is 2.82. The van der Waals surface area contributed by atoms with Gasteiger partial charge in [-0.05, 0) is 48.8 Å². The molecule has 1 aliphatic heterocycles. The van der Waals surface area contributed by atoms with Crippen molar-refractivity contribution < 1.29 is 8.78 Å². The second kappa shape index (κ2) is 6.30. The van der Waals surface area contributed by atoms with E-state index in [1.807, 2.05) is 11.8 Å². The van der Waals surface area contributed by atoms with Crippen LogP contribution in [0.4, 0.5) is 14.5 Å². The molecule has 1 fully saturated rings. The third-order valence-corrected chi connectivity index (χ3v) is 4.53. The largest absolute Gasteiger partial charge is 0.367 e. The molecule has 1 aliphatic rings. The second-order valence-electron chi connectivity index (χ2n) is 6.93. The van der Waals surface area contributed by atoms with E-state index in [9.17, 15) is 8.78 Å². The van der Waals surface area contributed by atoms with E-state index >= 15 is 0 Å². The quantitative estimate of drug-likeness (QED) is 0.914. The number of benzene rings is 1. The van der Waals surface area contributed by atoms with Crippen molar-refractivity contribution in [2.75, 3.05) is 18.0 Å². The van der Waals surface area contributed by atoms with Crippen LogP contribution in [0.15, 0.2) is 12.1 Å². The fraction of sp³-hybridized carbons (Fsp3) is 0.647. The predicted molar refractivity (Wildman–Crippen MR) is 83.6 cm³/mol. The molecule has 4 heteroatoms. The Balaban J connectivity index is 2.18. The number of halogens is 2. The summed E-state index contributed by atoms with van der Waals surface area (Å²) in [5.41, 5.74) is 6.89. The third-order valence-electron chi connectivity index (χ3n) is 4.53. The molecule has 0 spiro atoms. The van der Waals surface area contributed by atoms with E-state index < -0.39 is 11.6 Å². The van der Waals surface area contributed by atoms with E-state index in [2.05, 4.69) is 13.8 Å². The Bertz CT molecular complexity index is 467. The Morgan fingerprint density at radius 3 is 2.19 bits per heavy atom. The highest BCUT2D eigenvalue weighted by Crippen LogP contribution is 2.34. The number of hydrogen-bond donors (Lipinski definition) is 1. The van der Waals surface area contributed by atoms with Gasteiger partial charge in [0.15, 0.2) is 0 Å². The van der Waals surface area contributed by atoms with Gasteiger partial charge in [0.2, 0.25) is 0 Å². The molecular formula is C17H26F2N2. The molecule has 0 aromatic heterocycles. The molecule has 1 heterocycles. The molecule has 0 saturated carbocycles. The van der Waals surface area contributed by atoms with Crippen LogP contribution in [-0.4, -0.2) is 19.1 Å². The number of anilines is 1. The summed E-state index contributed by atoms with van der Waals surface area (Å²) in [6.45, 7) is 7.78. The lowest BCUT2D eigenvalue weighted by molar-refractivity contribution is 0.278. The summed E-state index contributed by atoms with van der Waals surface area (Å²) in [5.74, 6) is -0.930. The van der Waals surface area contributed by atoms with Crippen LogP contribution in [0.1, 0.15) is 45.6 Å². The minimum atomic E-state index is -0.465. The van der Waals surface area contributed by atoms with Gasteiger partial charge in [-0.3, -0.25) is 0 Å². The van der Waals surface area contributed by atoms with Gasteiger partial charge in [0.25, 0.3) is 0 Å². The van der Waals surface area contributed by atoms with Crippen LogP contribution in [0.5, 0.6) is 0 Å². The first-order chi connectivity index (χ1) is 9.82. The second-order valence-corrected chi connectivity index (χ2v) is 6.93. The molecule has 0 amide bonds. The third kappa shape index (κ3) is 3.94. The molecule has 118 valence electrons. The van der Waals surface area contributed by atoms with Crippen LogP contribution in [-0.2, 0) is 6.42 Å². The highest BCUT2D eigenvalue weighted by atomic mass is 19.1. The smallest absolute Gasteiger partial charge is 0.149 e. The lowest BCUT2D eigenvalue weighted by Crippen LogP contribution is -2.38. The van der Waals surface area contributed by atoms with E-state index in [1.165, 1.54) is 12.1 Å². The van der Waals surface area contributed by atoms with E-state index in [-0.39, 0.29) is 17.1 Å². The average Bonchev–Trinajstić information content (AvgIpc) is 2.39. The zero-order valence-corrected chi connectivity index (χ0v) is 13.3. The van der Waals surface area contributed by atoms with Gasteiger partial charge in [0.1, 0.15) is 17.3 Å². The first-order valence-corrected chi connectivity index (χ1v) is 7.81. The highest BCUT2D eigenvalue weighted by Gasteiger charge is 2.28. The number of nitrogens with two attached hydrogens (primary N) is 1. The molecule has 2 N–H and O–H groups in total. The van der Waals surface area contributed by atoms with Crippen LogP contribution < -0.4 is 10.6 Å². The molecule has 0 aliphatic carbocycles. The summed E-state index contributed by atoms with van der Waals surface area (Å²) in [5, 5.41) is 0. The Labute approximate surface area is 126 Å². The van der Waals surface area contributed by atoms with E-state index in [0.29, 0.717) is 25.1 Å². The first kappa shape index (κ1) is 16.2. The average molecular weight is 296 g/mol. The van der Waals surface area contributed by atoms with Gasteiger partial charge in [0.05, 0.1) is 0 Å². The zero-order chi connectivity index (χ0) is 15.6. The van der Waals surface area contributed by atoms with Crippen LogP contribution in [0.25, 0.3) is 0 Å². The van der Waals surface area contributed by atoms with Crippen molar-refractivity contribution in [3.63, 3.8) is 0 Å². The molecule has 1 aromatic rings. The monoisotopic (exact) mass is 296 g/mol. The zero-order valence-electron chi connectivity index (χ0n) is 13.3. The number of hydrogen-bond acceptors (Lipinski definition) is 2. The molecule has 1 atom stereocenters. The summed E-state index contributed by atoms with van der Waals surface area (Å²) in [4.78, 5) is 1.83. The Morgan fingerprint density at radius 1 is 1.19 bits per heavy atom. The van der Waals surface area contributed by atoms with Crippen LogP contribution in [0.2, 0.25) is 0 Å². The summed E-state index contributed by atoms with van der Waals surface area (Å²) >= 11 is 0. The van der Waals surface area contributed by atoms with E-state index in [4.69, 9.17) is 5.73 Å². The Kier molecular flexibility index (Phi) is 4.87. The molecule has 2 rings (SSSR count). The first-order valence-electron chi connectivity index (χ1n) is 7.81. The van der Waals surface area contributed by atoms with Crippen molar-refractivity contribution in [2.24, 2.45) is 11.1 Å². The molecule has 1 saturated heterocycles. The normalized spacial score (nSPS) is 19.6. The van der Waals surface area contributed by atoms with Crippen molar-refractivity contribution in [3.8, 4) is 0 Å². The fourth-order valence-corrected chi connectivity index (χ4v) is 2.82. The van der Waals surface area contributed by atoms with E-state index in [0.717, 1.165) is 19.3 Å². The lowest BCUT2D eigenvalue weighted by atomic mass is 9.82. The molecule has 1 aromatic carbocycles. The molecule has 2 nitrogen and oxygen atoms in total. The minimum absolute atomic E-state index is 0.0505. The van der Waals surface area contributed by atoms with E-state index in [1.54, 1.807) is 0 Å². The van der Waals surface area contributed by atoms with Gasteiger partial charge >= 0.3 is 0 Å². The Morgan fingerprint density at radius 2 is 1.71 bits per heavy atom. The van der Waals surface area contributed by atoms with Crippen molar-refractivity contribution in [1.82, 2.24) is 0 Å². The van der Waals surface area contributed by atoms with Gasteiger partial charge in [-0.2, -0.15) is 0 Å². The lowest BCUT2D eigenvalue weighted by Gasteiger charge is -2.38. The van der Waals surface area contributed by atoms with Crippen LogP contribution in [0, 0.1) is 17.0 Å². The summed E-state index contributed by atoms with van der Waals surface area (Å²) in [7, 11) is 0. The highest BCUT2D eigenvalue weighted by molar-refractivity contribution is 5.51. The van der Waals surface area contributed by atoms with Crippen LogP contribution >= 0.6 is 0 Å². The summed E-state index contributed by atoms with van der Waals surface area (Å²) in [6.07, 6.45) is 3.21. The number of nitrogens with zero attached hydrogens (tertiary/aromatic N) is 1. The van der Waals surface area contributed by atoms with Gasteiger partial charge in [-0.25, -0.2) is 8.78 Å². The number of rotatable bonds is 4. The van der Waals surface area contributed by atoms with Gasteiger partial charge in [0, 0.05) is 19.1 Å². The standard InChI is InChI=1S/C17H26F2N2/c1-4-13(20)9-12-10-14(18)16(15(19)11-12)21-7-5-17(2,3)6-8-21/h10-11,13H,4-9,20H2,1-3H3. The van der Waals surface area contributed by atoms with Crippen molar-refractivity contribution in [3.05, 3.63) is 29.3 Å². The van der Waals surface area contributed by atoms with Crippen molar-refractivity contribution in [2.45, 2.75) is 52.5 Å². The topological polar surface area (TPSA) is 29.3 Å². The van der Waals surface area contributed by atoms with Gasteiger partial charge < -0.3 is 10.6 Å². The maximum Gasteiger partial charge on any atom is 0.149 e. The van der Waals surface area contributed by atoms with Gasteiger partial charge in [-0.1, -0.05) is 20.8 Å². The molecular weight excluding hydrogens is 270 g/mol. The Hall–Kier alpha value is -1.16. The minimum Gasteiger partial charge on any atom is -0.367 e. The maximum absolute atomic E-state index is 14.3. The predicted octanol–water partition coefficient (Wildman–Crippen LogP) is 3.87.